The average Bonchev–Trinajstić information content (AvgIpc) is 3.05. The molecule has 2 heterocycles. The van der Waals surface area contributed by atoms with E-state index >= 15 is 0 Å². The Morgan fingerprint density at radius 1 is 1.14 bits per heavy atom. The number of aryl methyl sites for hydroxylation is 1. The molecule has 0 aliphatic rings. The molecule has 0 unspecified atom stereocenters. The van der Waals surface area contributed by atoms with Crippen molar-refractivity contribution in [2.75, 3.05) is 11.5 Å². The number of thioether (sulfide) groups is 1. The fourth-order valence-electron chi connectivity index (χ4n) is 3.10. The highest BCUT2D eigenvalue weighted by Gasteiger charge is 2.20. The summed E-state index contributed by atoms with van der Waals surface area (Å²) in [5, 5.41) is 1.30. The van der Waals surface area contributed by atoms with Gasteiger partial charge in [-0.3, -0.25) is 4.79 Å². The van der Waals surface area contributed by atoms with Gasteiger partial charge in [-0.2, -0.15) is 0 Å². The molecule has 2 aromatic heterocycles. The summed E-state index contributed by atoms with van der Waals surface area (Å²) in [6.07, 6.45) is 0. The molecule has 0 aliphatic heterocycles. The second-order valence-electron chi connectivity index (χ2n) is 6.36. The van der Waals surface area contributed by atoms with Gasteiger partial charge in [0.25, 0.3) is 0 Å². The summed E-state index contributed by atoms with van der Waals surface area (Å²) in [5.41, 5.74) is 9.37. The van der Waals surface area contributed by atoms with Crippen molar-refractivity contribution in [1.29, 1.82) is 0 Å². The maximum atomic E-state index is 13.3. The first-order chi connectivity index (χ1) is 13.5. The van der Waals surface area contributed by atoms with Crippen LogP contribution in [0.3, 0.4) is 0 Å². The van der Waals surface area contributed by atoms with E-state index in [0.29, 0.717) is 22.2 Å². The second kappa shape index (κ2) is 7.44. The van der Waals surface area contributed by atoms with Gasteiger partial charge in [0.2, 0.25) is 0 Å². The Morgan fingerprint density at radius 2 is 1.89 bits per heavy atom. The zero-order valence-electron chi connectivity index (χ0n) is 15.1. The van der Waals surface area contributed by atoms with Crippen LogP contribution in [0.1, 0.15) is 16.1 Å². The fraction of sp³-hybridized carbons (Fsp3) is 0.0952. The second-order valence-corrected chi connectivity index (χ2v) is 7.30. The lowest BCUT2D eigenvalue weighted by atomic mass is 10.0. The number of para-hydroxylation sites is 1. The monoisotopic (exact) mass is 392 g/mol. The number of halogens is 1. The van der Waals surface area contributed by atoms with Crippen LogP contribution in [0.25, 0.3) is 22.2 Å². The number of aromatic amines is 1. The number of nitrogen functional groups attached to an aromatic ring is 1. The molecule has 140 valence electrons. The van der Waals surface area contributed by atoms with Gasteiger partial charge >= 0.3 is 0 Å². The van der Waals surface area contributed by atoms with Crippen molar-refractivity contribution < 1.29 is 9.18 Å². The van der Waals surface area contributed by atoms with Gasteiger partial charge in [-0.15, -0.1) is 0 Å². The summed E-state index contributed by atoms with van der Waals surface area (Å²) < 4.78 is 13.3. The summed E-state index contributed by atoms with van der Waals surface area (Å²) in [4.78, 5) is 24.9. The molecule has 0 aliphatic carbocycles. The molecule has 0 atom stereocenters. The number of aromatic nitrogens is 3. The third-order valence-electron chi connectivity index (χ3n) is 4.30. The summed E-state index contributed by atoms with van der Waals surface area (Å²) in [6.45, 7) is 1.83. The minimum absolute atomic E-state index is 0.0644. The molecule has 3 N–H and O–H groups in total. The summed E-state index contributed by atoms with van der Waals surface area (Å²) in [7, 11) is 0. The van der Waals surface area contributed by atoms with Crippen LogP contribution in [-0.4, -0.2) is 26.5 Å². The Morgan fingerprint density at radius 3 is 2.64 bits per heavy atom. The number of rotatable bonds is 5. The SMILES string of the molecule is Cc1cc(N)nc(SCC(=O)c2c(-c3ccc(F)cc3)[nH]c3ccccc23)n1. The Hall–Kier alpha value is -3.19. The molecule has 0 saturated carbocycles. The number of hydrogen-bond acceptors (Lipinski definition) is 5. The molecule has 4 rings (SSSR count). The maximum absolute atomic E-state index is 13.3. The number of nitrogens with one attached hydrogen (secondary N) is 1. The minimum atomic E-state index is -0.322. The van der Waals surface area contributed by atoms with Crippen LogP contribution in [0.15, 0.2) is 59.8 Å². The highest BCUT2D eigenvalue weighted by molar-refractivity contribution is 7.99. The molecule has 0 fully saturated rings. The van der Waals surface area contributed by atoms with Crippen LogP contribution in [0.2, 0.25) is 0 Å². The summed E-state index contributed by atoms with van der Waals surface area (Å²) >= 11 is 1.24. The van der Waals surface area contributed by atoms with E-state index in [1.54, 1.807) is 18.2 Å². The van der Waals surface area contributed by atoms with Crippen LogP contribution >= 0.6 is 11.8 Å². The first kappa shape index (κ1) is 18.2. The van der Waals surface area contributed by atoms with Gasteiger partial charge < -0.3 is 10.7 Å². The fourth-order valence-corrected chi connectivity index (χ4v) is 3.88. The van der Waals surface area contributed by atoms with Crippen LogP contribution in [0.4, 0.5) is 10.2 Å². The number of carbonyl (C=O) groups excluding carboxylic acids is 1. The third-order valence-corrected chi connectivity index (χ3v) is 5.15. The number of nitrogens with two attached hydrogens (primary N) is 1. The summed E-state index contributed by atoms with van der Waals surface area (Å²) in [5.74, 6) is 0.156. The van der Waals surface area contributed by atoms with Crippen molar-refractivity contribution in [3.05, 3.63) is 71.7 Å². The van der Waals surface area contributed by atoms with E-state index in [9.17, 15) is 9.18 Å². The number of H-pyrrole nitrogens is 1. The van der Waals surface area contributed by atoms with Crippen LogP contribution in [0, 0.1) is 12.7 Å². The van der Waals surface area contributed by atoms with E-state index in [1.807, 2.05) is 31.2 Å². The van der Waals surface area contributed by atoms with Crippen molar-refractivity contribution in [3.8, 4) is 11.3 Å². The number of hydrogen-bond donors (Lipinski definition) is 2. The molecule has 28 heavy (non-hydrogen) atoms. The Bertz CT molecular complexity index is 1150. The van der Waals surface area contributed by atoms with E-state index in [0.717, 1.165) is 22.2 Å². The van der Waals surface area contributed by atoms with Crippen molar-refractivity contribution >= 4 is 34.3 Å². The number of Topliss-reactive ketones (excluding diaryl/α,β-unsaturated/α-hetero) is 1. The molecule has 0 spiro atoms. The van der Waals surface area contributed by atoms with E-state index in [1.165, 1.54) is 23.9 Å². The molecule has 5 nitrogen and oxygen atoms in total. The lowest BCUT2D eigenvalue weighted by Crippen LogP contribution is -2.05. The predicted molar refractivity (Wildman–Crippen MR) is 110 cm³/mol. The zero-order valence-corrected chi connectivity index (χ0v) is 15.9. The Kier molecular flexibility index (Phi) is 4.83. The largest absolute Gasteiger partial charge is 0.384 e. The molecular formula is C21H17FN4OS. The molecule has 0 bridgehead atoms. The quantitative estimate of drug-likeness (QED) is 0.294. The normalized spacial score (nSPS) is 11.1. The lowest BCUT2D eigenvalue weighted by Gasteiger charge is -2.06. The summed E-state index contributed by atoms with van der Waals surface area (Å²) in [6, 6.07) is 15.4. The predicted octanol–water partition coefficient (Wildman–Crippen LogP) is 4.63. The highest BCUT2D eigenvalue weighted by Crippen LogP contribution is 2.32. The van der Waals surface area contributed by atoms with E-state index in [-0.39, 0.29) is 17.4 Å². The Balaban J connectivity index is 1.71. The van der Waals surface area contributed by atoms with Crippen LogP contribution < -0.4 is 5.73 Å². The first-order valence-corrected chi connectivity index (χ1v) is 9.63. The number of carbonyl (C=O) groups is 1. The minimum Gasteiger partial charge on any atom is -0.384 e. The molecule has 0 radical (unpaired) electrons. The van der Waals surface area contributed by atoms with Gasteiger partial charge in [0.05, 0.1) is 17.0 Å². The Labute approximate surface area is 165 Å². The number of ketones is 1. The van der Waals surface area contributed by atoms with Crippen molar-refractivity contribution in [2.24, 2.45) is 0 Å². The third kappa shape index (κ3) is 3.61. The van der Waals surface area contributed by atoms with Gasteiger partial charge in [0.15, 0.2) is 10.9 Å². The molecule has 7 heteroatoms. The van der Waals surface area contributed by atoms with E-state index in [4.69, 9.17) is 5.73 Å². The number of nitrogens with zero attached hydrogens (tertiary/aromatic N) is 2. The van der Waals surface area contributed by atoms with E-state index < -0.39 is 0 Å². The van der Waals surface area contributed by atoms with Gasteiger partial charge in [-0.1, -0.05) is 30.0 Å². The standard InChI is InChI=1S/C21H17FN4OS/c1-12-10-18(23)26-21(24-12)28-11-17(27)19-15-4-2-3-5-16(15)25-20(19)13-6-8-14(22)9-7-13/h2-10,25H,11H2,1H3,(H2,23,24,26). The molecular weight excluding hydrogens is 375 g/mol. The van der Waals surface area contributed by atoms with Gasteiger partial charge in [0.1, 0.15) is 11.6 Å². The van der Waals surface area contributed by atoms with Crippen molar-refractivity contribution in [1.82, 2.24) is 15.0 Å². The van der Waals surface area contributed by atoms with Crippen molar-refractivity contribution in [2.45, 2.75) is 12.1 Å². The van der Waals surface area contributed by atoms with Gasteiger partial charge in [-0.25, -0.2) is 14.4 Å². The molecule has 0 saturated heterocycles. The maximum Gasteiger partial charge on any atom is 0.190 e. The van der Waals surface area contributed by atoms with Crippen LogP contribution in [0.5, 0.6) is 0 Å². The molecule has 0 amide bonds. The van der Waals surface area contributed by atoms with Crippen LogP contribution in [-0.2, 0) is 0 Å². The van der Waals surface area contributed by atoms with Crippen molar-refractivity contribution in [3.63, 3.8) is 0 Å². The first-order valence-electron chi connectivity index (χ1n) is 8.65. The zero-order chi connectivity index (χ0) is 19.7. The average molecular weight is 392 g/mol. The number of anilines is 1. The number of benzene rings is 2. The lowest BCUT2D eigenvalue weighted by molar-refractivity contribution is 0.102. The topological polar surface area (TPSA) is 84.7 Å². The molecule has 4 aromatic rings. The smallest absolute Gasteiger partial charge is 0.190 e. The van der Waals surface area contributed by atoms with E-state index in [2.05, 4.69) is 15.0 Å². The molecule has 2 aromatic carbocycles. The highest BCUT2D eigenvalue weighted by atomic mass is 32.2. The van der Waals surface area contributed by atoms with Gasteiger partial charge in [-0.05, 0) is 42.8 Å². The van der Waals surface area contributed by atoms with Gasteiger partial charge in [0, 0.05) is 22.7 Å². The number of fused-ring (bicyclic) bond motifs is 1.